The number of hydrogen-bond acceptors (Lipinski definition) is 9. The number of aromatic nitrogens is 1. The highest BCUT2D eigenvalue weighted by atomic mass is 32.2. The molecule has 5 rings (SSSR count). The van der Waals surface area contributed by atoms with E-state index in [0.717, 1.165) is 29.3 Å². The van der Waals surface area contributed by atoms with Gasteiger partial charge in [-0.3, -0.25) is 19.7 Å². The third kappa shape index (κ3) is 6.96. The van der Waals surface area contributed by atoms with Crippen molar-refractivity contribution in [1.82, 2.24) is 10.3 Å². The molecular formula is C29H23N5O5S2. The number of nitrogens with zero attached hydrogens (tertiary/aromatic N) is 3. The number of anilines is 1. The molecule has 0 unspecified atom stereocenters. The number of nitro benzene ring substituents is 1. The van der Waals surface area contributed by atoms with E-state index < -0.39 is 10.8 Å². The van der Waals surface area contributed by atoms with E-state index in [9.17, 15) is 25.0 Å². The number of benzene rings is 3. The summed E-state index contributed by atoms with van der Waals surface area (Å²) in [4.78, 5) is 41.3. The Balaban J connectivity index is 1.31. The van der Waals surface area contributed by atoms with Gasteiger partial charge in [0, 0.05) is 30.5 Å². The summed E-state index contributed by atoms with van der Waals surface area (Å²) in [5.41, 5.74) is 1.88. The SMILES string of the molecule is N#C/C(=C\c1ccc(Sc2nc3ccc(NC(=O)c4ccccc4)cc3s2)c([N+](=O)[O-])c1)C(=O)NC[C@@H]1CCCO1. The monoisotopic (exact) mass is 585 g/mol. The smallest absolute Gasteiger partial charge is 0.283 e. The van der Waals surface area contributed by atoms with Crippen LogP contribution in [0.15, 0.2) is 81.5 Å². The number of nitriles is 1. The number of amides is 2. The van der Waals surface area contributed by atoms with Crippen LogP contribution in [0.1, 0.15) is 28.8 Å². The summed E-state index contributed by atoms with van der Waals surface area (Å²) in [5.74, 6) is -0.786. The van der Waals surface area contributed by atoms with Gasteiger partial charge in [-0.05, 0) is 60.9 Å². The summed E-state index contributed by atoms with van der Waals surface area (Å²) in [7, 11) is 0. The summed E-state index contributed by atoms with van der Waals surface area (Å²) in [5, 5.41) is 26.9. The average molecular weight is 586 g/mol. The Morgan fingerprint density at radius 3 is 2.76 bits per heavy atom. The van der Waals surface area contributed by atoms with Crippen LogP contribution >= 0.6 is 23.1 Å². The number of carbonyl (C=O) groups excluding carboxylic acids is 2. The molecule has 12 heteroatoms. The third-order valence-corrected chi connectivity index (χ3v) is 8.37. The van der Waals surface area contributed by atoms with Crippen molar-refractivity contribution < 1.29 is 19.2 Å². The lowest BCUT2D eigenvalue weighted by molar-refractivity contribution is -0.387. The molecule has 4 aromatic rings. The van der Waals surface area contributed by atoms with Gasteiger partial charge in [0.15, 0.2) is 4.34 Å². The third-order valence-electron chi connectivity index (χ3n) is 6.23. The molecule has 1 fully saturated rings. The molecule has 0 spiro atoms. The van der Waals surface area contributed by atoms with Gasteiger partial charge in [-0.15, -0.1) is 11.3 Å². The van der Waals surface area contributed by atoms with Crippen LogP contribution in [0.5, 0.6) is 0 Å². The lowest BCUT2D eigenvalue weighted by Gasteiger charge is -2.10. The first-order chi connectivity index (χ1) is 19.9. The maximum Gasteiger partial charge on any atom is 0.283 e. The predicted octanol–water partition coefficient (Wildman–Crippen LogP) is 5.81. The van der Waals surface area contributed by atoms with Gasteiger partial charge >= 0.3 is 0 Å². The Hall–Kier alpha value is -4.57. The molecule has 10 nitrogen and oxygen atoms in total. The average Bonchev–Trinajstić information content (AvgIpc) is 3.65. The Kier molecular flexibility index (Phi) is 8.69. The number of ether oxygens (including phenoxy) is 1. The normalized spacial score (nSPS) is 14.9. The molecule has 0 radical (unpaired) electrons. The number of thiazole rings is 1. The zero-order chi connectivity index (χ0) is 28.8. The Morgan fingerprint density at radius 2 is 2.02 bits per heavy atom. The highest BCUT2D eigenvalue weighted by Gasteiger charge is 2.20. The molecule has 2 heterocycles. The molecule has 3 aromatic carbocycles. The van der Waals surface area contributed by atoms with Gasteiger partial charge in [-0.1, -0.05) is 36.0 Å². The van der Waals surface area contributed by atoms with E-state index in [4.69, 9.17) is 4.74 Å². The molecule has 206 valence electrons. The van der Waals surface area contributed by atoms with Crippen molar-refractivity contribution in [3.05, 3.63) is 93.5 Å². The molecule has 0 aliphatic carbocycles. The van der Waals surface area contributed by atoms with Gasteiger partial charge < -0.3 is 15.4 Å². The second kappa shape index (κ2) is 12.7. The zero-order valence-corrected chi connectivity index (χ0v) is 23.2. The van der Waals surface area contributed by atoms with E-state index in [-0.39, 0.29) is 23.3 Å². The largest absolute Gasteiger partial charge is 0.376 e. The molecule has 1 atom stereocenters. The van der Waals surface area contributed by atoms with Gasteiger partial charge in [0.05, 0.1) is 26.1 Å². The van der Waals surface area contributed by atoms with Crippen molar-refractivity contribution in [3.63, 3.8) is 0 Å². The molecule has 1 aliphatic rings. The van der Waals surface area contributed by atoms with E-state index in [0.29, 0.717) is 44.7 Å². The minimum Gasteiger partial charge on any atom is -0.376 e. The van der Waals surface area contributed by atoms with Crippen LogP contribution in [-0.2, 0) is 9.53 Å². The minimum absolute atomic E-state index is 0.0709. The van der Waals surface area contributed by atoms with E-state index >= 15 is 0 Å². The maximum atomic E-state index is 12.5. The quantitative estimate of drug-likeness (QED) is 0.108. The van der Waals surface area contributed by atoms with Crippen LogP contribution in [0, 0.1) is 21.4 Å². The molecule has 0 bridgehead atoms. The van der Waals surface area contributed by atoms with Crippen molar-refractivity contribution in [2.75, 3.05) is 18.5 Å². The van der Waals surface area contributed by atoms with Gasteiger partial charge in [0.25, 0.3) is 17.5 Å². The van der Waals surface area contributed by atoms with Crippen LogP contribution in [0.3, 0.4) is 0 Å². The Morgan fingerprint density at radius 1 is 1.20 bits per heavy atom. The fourth-order valence-corrected chi connectivity index (χ4v) is 6.34. The number of carbonyl (C=O) groups is 2. The first kappa shape index (κ1) is 28.0. The van der Waals surface area contributed by atoms with Crippen LogP contribution in [0.4, 0.5) is 11.4 Å². The Labute approximate surface area is 243 Å². The van der Waals surface area contributed by atoms with Crippen molar-refractivity contribution in [2.45, 2.75) is 28.2 Å². The molecule has 0 saturated carbocycles. The van der Waals surface area contributed by atoms with Crippen LogP contribution in [-0.4, -0.2) is 41.0 Å². The second-order valence-corrected chi connectivity index (χ2v) is 11.4. The second-order valence-electron chi connectivity index (χ2n) is 9.08. The Bertz CT molecular complexity index is 1690. The summed E-state index contributed by atoms with van der Waals surface area (Å²) in [6.07, 6.45) is 3.03. The number of nitro groups is 1. The molecular weight excluding hydrogens is 562 g/mol. The standard InChI is InChI=1S/C29H23N5O5S2/c30-16-20(27(35)31-17-22-7-4-12-39-22)13-18-8-11-25(24(14-18)34(37)38)40-29-33-23-10-9-21(15-26(23)41-29)32-28(36)19-5-2-1-3-6-19/h1-3,5-6,8-11,13-15,22H,4,7,12,17H2,(H,31,35)(H,32,36)/b20-13+/t22-/m0/s1. The highest BCUT2D eigenvalue weighted by Crippen LogP contribution is 2.39. The maximum absolute atomic E-state index is 12.5. The van der Waals surface area contributed by atoms with E-state index in [1.807, 2.05) is 18.2 Å². The number of hydrogen-bond donors (Lipinski definition) is 2. The van der Waals surface area contributed by atoms with E-state index in [2.05, 4.69) is 15.6 Å². The van der Waals surface area contributed by atoms with Gasteiger partial charge in [-0.2, -0.15) is 5.26 Å². The van der Waals surface area contributed by atoms with Crippen molar-refractivity contribution in [2.24, 2.45) is 0 Å². The first-order valence-corrected chi connectivity index (χ1v) is 14.3. The molecule has 1 aliphatic heterocycles. The topological polar surface area (TPSA) is 147 Å². The zero-order valence-electron chi connectivity index (χ0n) is 21.5. The van der Waals surface area contributed by atoms with Gasteiger partial charge in [-0.25, -0.2) is 4.98 Å². The summed E-state index contributed by atoms with van der Waals surface area (Å²) < 4.78 is 6.88. The van der Waals surface area contributed by atoms with Crippen molar-refractivity contribution >= 4 is 62.6 Å². The molecule has 41 heavy (non-hydrogen) atoms. The summed E-state index contributed by atoms with van der Waals surface area (Å²) in [6, 6.07) is 20.6. The van der Waals surface area contributed by atoms with Crippen LogP contribution in [0.25, 0.3) is 16.3 Å². The number of nitrogens with one attached hydrogen (secondary N) is 2. The lowest BCUT2D eigenvalue weighted by atomic mass is 10.1. The molecule has 2 amide bonds. The summed E-state index contributed by atoms with van der Waals surface area (Å²) >= 11 is 2.49. The van der Waals surface area contributed by atoms with E-state index in [1.165, 1.54) is 23.5 Å². The first-order valence-electron chi connectivity index (χ1n) is 12.6. The fourth-order valence-electron chi connectivity index (χ4n) is 4.19. The van der Waals surface area contributed by atoms with Gasteiger partial charge in [0.1, 0.15) is 11.6 Å². The lowest BCUT2D eigenvalue weighted by Crippen LogP contribution is -2.32. The molecule has 1 aromatic heterocycles. The van der Waals surface area contributed by atoms with Crippen LogP contribution < -0.4 is 10.6 Å². The predicted molar refractivity (Wildman–Crippen MR) is 157 cm³/mol. The highest BCUT2D eigenvalue weighted by molar-refractivity contribution is 8.01. The minimum atomic E-state index is -0.557. The molecule has 1 saturated heterocycles. The van der Waals surface area contributed by atoms with Crippen molar-refractivity contribution in [1.29, 1.82) is 5.26 Å². The van der Waals surface area contributed by atoms with Crippen LogP contribution in [0.2, 0.25) is 0 Å². The van der Waals surface area contributed by atoms with Gasteiger partial charge in [0.2, 0.25) is 0 Å². The van der Waals surface area contributed by atoms with E-state index in [1.54, 1.807) is 48.5 Å². The fraction of sp³-hybridized carbons (Fsp3) is 0.172. The van der Waals surface area contributed by atoms with Crippen molar-refractivity contribution in [3.8, 4) is 6.07 Å². The molecule has 2 N–H and O–H groups in total. The number of rotatable bonds is 9. The number of fused-ring (bicyclic) bond motifs is 1. The summed E-state index contributed by atoms with van der Waals surface area (Å²) in [6.45, 7) is 0.956.